The molecule has 6 atom stereocenters. The summed E-state index contributed by atoms with van der Waals surface area (Å²) in [5, 5.41) is 16.7. The van der Waals surface area contributed by atoms with Crippen LogP contribution in [0.1, 0.15) is 42.5 Å². The van der Waals surface area contributed by atoms with Crippen LogP contribution in [0.4, 0.5) is 11.4 Å². The number of nitrogens with zero attached hydrogens (tertiary/aromatic N) is 1. The number of para-hydroxylation sites is 2. The summed E-state index contributed by atoms with van der Waals surface area (Å²) in [5.41, 5.74) is 1.68. The minimum absolute atomic E-state index is 0.311. The Balaban J connectivity index is 1.44. The predicted octanol–water partition coefficient (Wildman–Crippen LogP) is 4.38. The Morgan fingerprint density at radius 2 is 1.56 bits per heavy atom. The summed E-state index contributed by atoms with van der Waals surface area (Å²) in [4.78, 5) is 44.2. The molecule has 3 aromatic rings. The molecule has 0 aromatic heterocycles. The van der Waals surface area contributed by atoms with Gasteiger partial charge in [-0.1, -0.05) is 66.7 Å². The van der Waals surface area contributed by atoms with Gasteiger partial charge in [0.05, 0.1) is 30.1 Å². The van der Waals surface area contributed by atoms with Gasteiger partial charge in [0.1, 0.15) is 11.6 Å². The number of amides is 3. The van der Waals surface area contributed by atoms with Crippen molar-refractivity contribution in [2.45, 2.75) is 56.9 Å². The maximum atomic E-state index is 14.5. The van der Waals surface area contributed by atoms with Crippen molar-refractivity contribution in [1.29, 1.82) is 0 Å². The van der Waals surface area contributed by atoms with Gasteiger partial charge in [0.15, 0.2) is 0 Å². The maximum absolute atomic E-state index is 14.5. The highest BCUT2D eigenvalue weighted by Gasteiger charge is 2.78. The van der Waals surface area contributed by atoms with Gasteiger partial charge in [-0.15, -0.1) is 0 Å². The maximum Gasteiger partial charge on any atom is 0.250 e. The molecule has 3 aliphatic heterocycles. The van der Waals surface area contributed by atoms with Crippen LogP contribution in [0.2, 0.25) is 0 Å². The van der Waals surface area contributed by atoms with Crippen LogP contribution in [0, 0.1) is 25.7 Å². The molecule has 1 spiro atoms. The molecule has 8 nitrogen and oxygen atoms in total. The lowest BCUT2D eigenvalue weighted by Crippen LogP contribution is -2.54. The van der Waals surface area contributed by atoms with Crippen molar-refractivity contribution >= 4 is 29.1 Å². The number of hydrogen-bond acceptors (Lipinski definition) is 5. The van der Waals surface area contributed by atoms with Crippen molar-refractivity contribution in [3.8, 4) is 0 Å². The summed E-state index contributed by atoms with van der Waals surface area (Å²) in [5.74, 6) is -2.74. The van der Waals surface area contributed by atoms with Crippen molar-refractivity contribution in [1.82, 2.24) is 4.90 Å². The van der Waals surface area contributed by atoms with E-state index in [1.54, 1.807) is 12.1 Å². The molecule has 3 aliphatic rings. The summed E-state index contributed by atoms with van der Waals surface area (Å²) in [6.45, 7) is 5.33. The molecular formula is C33H35N3O5. The van der Waals surface area contributed by atoms with Gasteiger partial charge in [-0.25, -0.2) is 0 Å². The Kier molecular flexibility index (Phi) is 6.71. The third kappa shape index (κ3) is 4.24. The normalized spacial score (nSPS) is 28.8. The third-order valence-corrected chi connectivity index (χ3v) is 9.21. The zero-order valence-corrected chi connectivity index (χ0v) is 23.5. The lowest BCUT2D eigenvalue weighted by molar-refractivity contribution is -0.147. The molecule has 0 saturated carbocycles. The van der Waals surface area contributed by atoms with E-state index < -0.39 is 35.1 Å². The Hall–Kier alpha value is -4.01. The minimum Gasteiger partial charge on any atom is -0.394 e. The number of likely N-dealkylation sites (tertiary alicyclic amines) is 1. The van der Waals surface area contributed by atoms with E-state index in [4.69, 9.17) is 4.74 Å². The zero-order chi connectivity index (χ0) is 28.9. The van der Waals surface area contributed by atoms with Crippen molar-refractivity contribution < 1.29 is 24.2 Å². The molecule has 2 bridgehead atoms. The van der Waals surface area contributed by atoms with Gasteiger partial charge in [0.2, 0.25) is 17.7 Å². The van der Waals surface area contributed by atoms with Crippen molar-refractivity contribution in [3.63, 3.8) is 0 Å². The fraction of sp³-hybridized carbons (Fsp3) is 0.364. The lowest BCUT2D eigenvalue weighted by atomic mass is 9.66. The van der Waals surface area contributed by atoms with Crippen LogP contribution in [0.3, 0.4) is 0 Å². The lowest BCUT2D eigenvalue weighted by Gasteiger charge is -2.37. The zero-order valence-electron chi connectivity index (χ0n) is 23.5. The number of aliphatic hydroxyl groups excluding tert-OH is 1. The highest BCUT2D eigenvalue weighted by molar-refractivity contribution is 6.05. The van der Waals surface area contributed by atoms with Crippen LogP contribution in [0.15, 0.2) is 78.9 Å². The molecule has 0 radical (unpaired) electrons. The second-order valence-electron chi connectivity index (χ2n) is 11.7. The highest BCUT2D eigenvalue weighted by atomic mass is 16.5. The van der Waals surface area contributed by atoms with Crippen molar-refractivity contribution in [3.05, 3.63) is 95.6 Å². The molecule has 3 aromatic carbocycles. The average molecular weight is 554 g/mol. The smallest absolute Gasteiger partial charge is 0.250 e. The Morgan fingerprint density at radius 3 is 2.20 bits per heavy atom. The first-order valence-corrected chi connectivity index (χ1v) is 14.1. The fourth-order valence-corrected chi connectivity index (χ4v) is 7.37. The van der Waals surface area contributed by atoms with Crippen LogP contribution >= 0.6 is 0 Å². The van der Waals surface area contributed by atoms with E-state index in [0.29, 0.717) is 29.8 Å². The second kappa shape index (κ2) is 10.1. The van der Waals surface area contributed by atoms with Gasteiger partial charge in [0.25, 0.3) is 0 Å². The number of fused-ring (bicyclic) bond motifs is 1. The summed E-state index contributed by atoms with van der Waals surface area (Å²) in [6, 6.07) is 22.3. The van der Waals surface area contributed by atoms with Gasteiger partial charge < -0.3 is 25.4 Å². The molecule has 212 valence electrons. The molecule has 3 saturated heterocycles. The first-order valence-electron chi connectivity index (χ1n) is 14.1. The fourth-order valence-electron chi connectivity index (χ4n) is 7.37. The Morgan fingerprint density at radius 1 is 0.927 bits per heavy atom. The number of nitrogens with one attached hydrogen (secondary N) is 2. The van der Waals surface area contributed by atoms with E-state index in [2.05, 4.69) is 10.6 Å². The number of rotatable bonds is 7. The molecular weight excluding hydrogens is 518 g/mol. The Bertz CT molecular complexity index is 1470. The van der Waals surface area contributed by atoms with Gasteiger partial charge in [-0.05, 0) is 62.4 Å². The van der Waals surface area contributed by atoms with E-state index >= 15 is 0 Å². The van der Waals surface area contributed by atoms with E-state index in [0.717, 1.165) is 11.1 Å². The molecule has 3 amide bonds. The van der Waals surface area contributed by atoms with E-state index in [1.807, 2.05) is 87.5 Å². The van der Waals surface area contributed by atoms with Crippen molar-refractivity contribution in [2.75, 3.05) is 17.2 Å². The van der Waals surface area contributed by atoms with Crippen LogP contribution < -0.4 is 10.6 Å². The van der Waals surface area contributed by atoms with Crippen LogP contribution in [0.25, 0.3) is 0 Å². The molecule has 3 fully saturated rings. The molecule has 8 heteroatoms. The molecule has 2 unspecified atom stereocenters. The highest BCUT2D eigenvalue weighted by Crippen LogP contribution is 2.64. The largest absolute Gasteiger partial charge is 0.394 e. The van der Waals surface area contributed by atoms with Gasteiger partial charge in [-0.2, -0.15) is 0 Å². The van der Waals surface area contributed by atoms with E-state index in [1.165, 1.54) is 4.90 Å². The minimum atomic E-state index is -1.21. The predicted molar refractivity (Wildman–Crippen MR) is 155 cm³/mol. The number of aliphatic hydroxyl groups is 1. The molecule has 0 aliphatic carbocycles. The molecule has 41 heavy (non-hydrogen) atoms. The third-order valence-electron chi connectivity index (χ3n) is 9.21. The average Bonchev–Trinajstić information content (AvgIpc) is 3.53. The van der Waals surface area contributed by atoms with Gasteiger partial charge >= 0.3 is 0 Å². The number of carbonyl (C=O) groups excluding carboxylic acids is 3. The first kappa shape index (κ1) is 27.2. The summed E-state index contributed by atoms with van der Waals surface area (Å²) in [6.07, 6.45) is 0.975. The molecule has 3 heterocycles. The summed E-state index contributed by atoms with van der Waals surface area (Å²) >= 11 is 0. The number of carbonyl (C=O) groups is 3. The van der Waals surface area contributed by atoms with Crippen LogP contribution in [0.5, 0.6) is 0 Å². The number of aryl methyl sites for hydroxylation is 2. The quantitative estimate of drug-likeness (QED) is 0.403. The summed E-state index contributed by atoms with van der Waals surface area (Å²) < 4.78 is 6.74. The van der Waals surface area contributed by atoms with Gasteiger partial charge in [0, 0.05) is 11.4 Å². The number of benzene rings is 3. The van der Waals surface area contributed by atoms with E-state index in [-0.39, 0.29) is 24.3 Å². The van der Waals surface area contributed by atoms with Crippen LogP contribution in [-0.4, -0.2) is 51.6 Å². The second-order valence-corrected chi connectivity index (χ2v) is 11.7. The SMILES string of the molecule is Cc1cccc(C)c1NC(=O)C1N([C@H](CO)c2ccccc2)C(=O)[C@@H]2[C@H](C(=O)Nc3ccccc3)[C@]3(C)CCC12O3. The molecule has 6 rings (SSSR count). The Labute approximate surface area is 239 Å². The number of anilines is 2. The number of ether oxygens (including phenoxy) is 1. The first-order chi connectivity index (χ1) is 19.7. The van der Waals surface area contributed by atoms with E-state index in [9.17, 15) is 19.5 Å². The number of hydrogen-bond donors (Lipinski definition) is 3. The van der Waals surface area contributed by atoms with Gasteiger partial charge in [-0.3, -0.25) is 14.4 Å². The van der Waals surface area contributed by atoms with Crippen molar-refractivity contribution in [2.24, 2.45) is 11.8 Å². The topological polar surface area (TPSA) is 108 Å². The van der Waals surface area contributed by atoms with Crippen LogP contribution in [-0.2, 0) is 19.1 Å². The monoisotopic (exact) mass is 553 g/mol. The molecule has 3 N–H and O–H groups in total. The standard InChI is InChI=1S/C33H35N3O5/c1-20-11-10-12-21(2)27(20)35-30(39)28-33-18-17-32(3,41-33)25(29(38)34-23-15-8-5-9-16-23)26(33)31(40)36(28)24(19-37)22-13-6-4-7-14-22/h4-16,24-26,28,37H,17-19H2,1-3H3,(H,34,38)(H,35,39)/t24-,25-,26+,28?,32+,33?/m1/s1. The summed E-state index contributed by atoms with van der Waals surface area (Å²) in [7, 11) is 0.